The Hall–Kier alpha value is -1.10. The highest BCUT2D eigenvalue weighted by molar-refractivity contribution is 5.90. The molecule has 0 spiro atoms. The van der Waals surface area contributed by atoms with E-state index in [4.69, 9.17) is 0 Å². The lowest BCUT2D eigenvalue weighted by Gasteiger charge is -2.42. The second-order valence-electron chi connectivity index (χ2n) is 10.6. The molecule has 5 heteroatoms. The van der Waals surface area contributed by atoms with E-state index in [1.165, 1.54) is 12.8 Å². The molecule has 0 saturated carbocycles. The lowest BCUT2D eigenvalue weighted by atomic mass is 9.89. The molecule has 2 rings (SSSR count). The molecule has 0 radical (unpaired) electrons. The second-order valence-corrected chi connectivity index (χ2v) is 10.6. The summed E-state index contributed by atoms with van der Waals surface area (Å²) in [6.45, 7) is 16.3. The Morgan fingerprint density at radius 1 is 1.00 bits per heavy atom. The van der Waals surface area contributed by atoms with Gasteiger partial charge in [0.1, 0.15) is 6.04 Å². The largest absolute Gasteiger partial charge is 0.341 e. The highest BCUT2D eigenvalue weighted by Gasteiger charge is 2.39. The molecule has 0 aromatic heterocycles. The number of hydrogen-bond donors (Lipinski definition) is 1. The molecule has 0 aromatic carbocycles. The van der Waals surface area contributed by atoms with Gasteiger partial charge in [-0.15, -0.1) is 0 Å². The lowest BCUT2D eigenvalue weighted by molar-refractivity contribution is -0.150. The number of rotatable bonds is 9. The van der Waals surface area contributed by atoms with Crippen LogP contribution in [-0.2, 0) is 9.59 Å². The number of piperidine rings is 1. The number of amides is 2. The van der Waals surface area contributed by atoms with Crippen LogP contribution in [0.3, 0.4) is 0 Å². The zero-order valence-corrected chi connectivity index (χ0v) is 19.7. The summed E-state index contributed by atoms with van der Waals surface area (Å²) in [4.78, 5) is 30.6. The van der Waals surface area contributed by atoms with Crippen LogP contribution >= 0.6 is 0 Å². The van der Waals surface area contributed by atoms with E-state index in [0.717, 1.165) is 57.2 Å². The van der Waals surface area contributed by atoms with Crippen LogP contribution in [0.15, 0.2) is 0 Å². The van der Waals surface area contributed by atoms with Crippen LogP contribution in [0.1, 0.15) is 80.1 Å². The molecule has 0 bridgehead atoms. The molecule has 2 fully saturated rings. The maximum Gasteiger partial charge on any atom is 0.245 e. The molecule has 0 aromatic rings. The molecule has 2 aliphatic rings. The molecule has 0 unspecified atom stereocenters. The van der Waals surface area contributed by atoms with Crippen LogP contribution in [0, 0.1) is 23.7 Å². The first-order valence-electron chi connectivity index (χ1n) is 12.0. The molecular formula is C24H45N3O2. The molecule has 5 nitrogen and oxygen atoms in total. The van der Waals surface area contributed by atoms with Crippen molar-refractivity contribution in [3.63, 3.8) is 0 Å². The van der Waals surface area contributed by atoms with Crippen molar-refractivity contribution in [2.45, 2.75) is 92.2 Å². The molecule has 2 aliphatic heterocycles. The van der Waals surface area contributed by atoms with E-state index >= 15 is 0 Å². The van der Waals surface area contributed by atoms with Gasteiger partial charge in [-0.3, -0.25) is 9.59 Å². The summed E-state index contributed by atoms with van der Waals surface area (Å²) in [5.74, 6) is 2.65. The normalized spacial score (nSPS) is 22.8. The summed E-state index contributed by atoms with van der Waals surface area (Å²) in [5.41, 5.74) is 0. The number of hydrogen-bond acceptors (Lipinski definition) is 3. The predicted octanol–water partition coefficient (Wildman–Crippen LogP) is 3.92. The smallest absolute Gasteiger partial charge is 0.245 e. The first kappa shape index (κ1) is 24.2. The Kier molecular flexibility index (Phi) is 9.45. The van der Waals surface area contributed by atoms with E-state index in [0.29, 0.717) is 18.4 Å². The number of nitrogens with zero attached hydrogens (tertiary/aromatic N) is 2. The van der Waals surface area contributed by atoms with Gasteiger partial charge in [0.25, 0.3) is 0 Å². The highest BCUT2D eigenvalue weighted by atomic mass is 16.2. The van der Waals surface area contributed by atoms with E-state index < -0.39 is 0 Å². The number of piperazine rings is 1. The molecule has 2 heterocycles. The topological polar surface area (TPSA) is 52.7 Å². The summed E-state index contributed by atoms with van der Waals surface area (Å²) in [7, 11) is 0. The van der Waals surface area contributed by atoms with Crippen molar-refractivity contribution in [1.82, 2.24) is 15.1 Å². The van der Waals surface area contributed by atoms with Gasteiger partial charge in [-0.25, -0.2) is 0 Å². The van der Waals surface area contributed by atoms with Crippen LogP contribution in [0.25, 0.3) is 0 Å². The van der Waals surface area contributed by atoms with E-state index in [9.17, 15) is 9.59 Å². The van der Waals surface area contributed by atoms with Crippen LogP contribution < -0.4 is 5.32 Å². The minimum atomic E-state index is -0.300. The van der Waals surface area contributed by atoms with Crippen molar-refractivity contribution in [1.29, 1.82) is 0 Å². The monoisotopic (exact) mass is 407 g/mol. The molecule has 2 amide bonds. The zero-order chi connectivity index (χ0) is 21.6. The fourth-order valence-corrected chi connectivity index (χ4v) is 4.75. The van der Waals surface area contributed by atoms with Crippen LogP contribution in [-0.4, -0.2) is 59.9 Å². The van der Waals surface area contributed by atoms with Gasteiger partial charge in [0.15, 0.2) is 0 Å². The van der Waals surface area contributed by atoms with Crippen LogP contribution in [0.2, 0.25) is 0 Å². The Morgan fingerprint density at radius 2 is 1.66 bits per heavy atom. The van der Waals surface area contributed by atoms with Crippen molar-refractivity contribution < 1.29 is 9.59 Å². The summed E-state index contributed by atoms with van der Waals surface area (Å²) in [6.07, 6.45) is 6.37. The fraction of sp³-hybridized carbons (Fsp3) is 0.917. The molecule has 168 valence electrons. The Bertz CT molecular complexity index is 524. The van der Waals surface area contributed by atoms with Gasteiger partial charge in [0.2, 0.25) is 11.8 Å². The summed E-state index contributed by atoms with van der Waals surface area (Å²) in [6, 6.07) is -0.445. The van der Waals surface area contributed by atoms with Gasteiger partial charge in [-0.05, 0) is 49.4 Å². The van der Waals surface area contributed by atoms with E-state index in [2.05, 4.69) is 46.9 Å². The van der Waals surface area contributed by atoms with Gasteiger partial charge in [-0.1, -0.05) is 54.4 Å². The minimum Gasteiger partial charge on any atom is -0.341 e. The third kappa shape index (κ3) is 7.27. The molecule has 2 saturated heterocycles. The standard InChI is InChI=1S/C24H45N3O2/c1-17(2)7-8-20-9-12-26(13-10-20)24(29)22(16-19(5)6)27-14-11-25-21(23(27)28)15-18(3)4/h17-22,25H,7-16H2,1-6H3/t21-,22-/m0/s1. The molecule has 0 aliphatic carbocycles. The first-order valence-corrected chi connectivity index (χ1v) is 12.0. The van der Waals surface area contributed by atoms with Gasteiger partial charge >= 0.3 is 0 Å². The number of carbonyl (C=O) groups is 2. The van der Waals surface area contributed by atoms with Gasteiger partial charge < -0.3 is 15.1 Å². The highest BCUT2D eigenvalue weighted by Crippen LogP contribution is 2.26. The zero-order valence-electron chi connectivity index (χ0n) is 19.7. The molecule has 2 atom stereocenters. The van der Waals surface area contributed by atoms with Crippen LogP contribution in [0.4, 0.5) is 0 Å². The van der Waals surface area contributed by atoms with Crippen molar-refractivity contribution in [3.8, 4) is 0 Å². The van der Waals surface area contributed by atoms with Crippen molar-refractivity contribution in [3.05, 3.63) is 0 Å². The van der Waals surface area contributed by atoms with Crippen LogP contribution in [0.5, 0.6) is 0 Å². The third-order valence-electron chi connectivity index (χ3n) is 6.47. The maximum atomic E-state index is 13.5. The van der Waals surface area contributed by atoms with Crippen molar-refractivity contribution in [2.75, 3.05) is 26.2 Å². The molecule has 1 N–H and O–H groups in total. The predicted molar refractivity (Wildman–Crippen MR) is 120 cm³/mol. The lowest BCUT2D eigenvalue weighted by Crippen LogP contribution is -2.62. The fourth-order valence-electron chi connectivity index (χ4n) is 4.75. The van der Waals surface area contributed by atoms with E-state index in [-0.39, 0.29) is 23.9 Å². The number of likely N-dealkylation sites (tertiary alicyclic amines) is 1. The average Bonchev–Trinajstić information content (AvgIpc) is 2.66. The summed E-state index contributed by atoms with van der Waals surface area (Å²) in [5, 5.41) is 3.37. The third-order valence-corrected chi connectivity index (χ3v) is 6.47. The number of nitrogens with one attached hydrogen (secondary N) is 1. The maximum absolute atomic E-state index is 13.5. The van der Waals surface area contributed by atoms with E-state index in [1.54, 1.807) is 0 Å². The van der Waals surface area contributed by atoms with Gasteiger partial charge in [0.05, 0.1) is 6.04 Å². The number of carbonyl (C=O) groups excluding carboxylic acids is 2. The summed E-state index contributed by atoms with van der Waals surface area (Å²) < 4.78 is 0. The SMILES string of the molecule is CC(C)CCC1CCN(C(=O)[C@H](CC(C)C)N2CCN[C@@H](CC(C)C)C2=O)CC1. The van der Waals surface area contributed by atoms with E-state index in [1.807, 2.05) is 9.80 Å². The quantitative estimate of drug-likeness (QED) is 0.630. The van der Waals surface area contributed by atoms with Gasteiger partial charge in [0, 0.05) is 26.2 Å². The molecule has 29 heavy (non-hydrogen) atoms. The first-order chi connectivity index (χ1) is 13.7. The average molecular weight is 408 g/mol. The van der Waals surface area contributed by atoms with Crippen molar-refractivity contribution in [2.24, 2.45) is 23.7 Å². The Labute approximate surface area is 179 Å². The summed E-state index contributed by atoms with van der Waals surface area (Å²) >= 11 is 0. The Balaban J connectivity index is 2.02. The molecular weight excluding hydrogens is 362 g/mol. The minimum absolute atomic E-state index is 0.121. The second kappa shape index (κ2) is 11.3. The van der Waals surface area contributed by atoms with Crippen molar-refractivity contribution >= 4 is 11.8 Å². The van der Waals surface area contributed by atoms with Gasteiger partial charge in [-0.2, -0.15) is 0 Å². The Morgan fingerprint density at radius 3 is 2.21 bits per heavy atom.